The first-order chi connectivity index (χ1) is 14.0. The minimum absolute atomic E-state index is 0.00774. The third kappa shape index (κ3) is 3.85. The summed E-state index contributed by atoms with van der Waals surface area (Å²) in [5, 5.41) is 2.93. The molecule has 2 amide bonds. The first-order valence-electron chi connectivity index (χ1n) is 9.51. The number of fused-ring (bicyclic) bond motifs is 1. The van der Waals surface area contributed by atoms with Crippen molar-refractivity contribution in [1.82, 2.24) is 0 Å². The molecule has 3 aromatic carbocycles. The van der Waals surface area contributed by atoms with E-state index in [2.05, 4.69) is 5.32 Å². The Balaban J connectivity index is 1.63. The molecule has 0 fully saturated rings. The lowest BCUT2D eigenvalue weighted by Gasteiger charge is -2.30. The van der Waals surface area contributed by atoms with Crippen LogP contribution in [0, 0.1) is 13.8 Å². The summed E-state index contributed by atoms with van der Waals surface area (Å²) in [4.78, 5) is 27.0. The van der Waals surface area contributed by atoms with Crippen LogP contribution in [0.2, 0.25) is 0 Å². The Morgan fingerprint density at radius 3 is 2.48 bits per heavy atom. The van der Waals surface area contributed by atoms with E-state index in [4.69, 9.17) is 4.74 Å². The first kappa shape index (κ1) is 18.7. The molecule has 3 aromatic rings. The normalized spacial score (nSPS) is 12.9. The van der Waals surface area contributed by atoms with Crippen molar-refractivity contribution in [2.75, 3.05) is 16.8 Å². The van der Waals surface area contributed by atoms with Crippen molar-refractivity contribution >= 4 is 23.2 Å². The molecule has 146 valence electrons. The summed E-state index contributed by atoms with van der Waals surface area (Å²) in [6.45, 7) is 4.39. The van der Waals surface area contributed by atoms with Crippen molar-refractivity contribution in [2.45, 2.75) is 20.4 Å². The van der Waals surface area contributed by atoms with E-state index in [1.807, 2.05) is 56.3 Å². The zero-order chi connectivity index (χ0) is 20.4. The lowest BCUT2D eigenvalue weighted by Crippen LogP contribution is -2.38. The standard InChI is InChI=1S/C24H22N2O3/c1-16-7-3-5-9-18(16)14-26-21-13-19(11-12-22(21)29-15-23(26)27)25-24(28)20-10-6-4-8-17(20)2/h3-13H,14-15H2,1-2H3,(H,25,28). The minimum Gasteiger partial charge on any atom is -0.482 e. The SMILES string of the molecule is Cc1ccccc1CN1C(=O)COc2ccc(NC(=O)c3ccccc3C)cc21. The number of nitrogens with zero attached hydrogens (tertiary/aromatic N) is 1. The number of benzene rings is 3. The smallest absolute Gasteiger partial charge is 0.265 e. The van der Waals surface area contributed by atoms with Crippen LogP contribution in [0.25, 0.3) is 0 Å². The average molecular weight is 386 g/mol. The summed E-state index contributed by atoms with van der Waals surface area (Å²) in [6.07, 6.45) is 0. The Labute approximate surface area is 169 Å². The van der Waals surface area contributed by atoms with E-state index in [1.54, 1.807) is 29.2 Å². The lowest BCUT2D eigenvalue weighted by atomic mass is 10.1. The van der Waals surface area contributed by atoms with Gasteiger partial charge in [-0.2, -0.15) is 0 Å². The molecule has 0 saturated carbocycles. The molecule has 1 aliphatic heterocycles. The number of hydrogen-bond donors (Lipinski definition) is 1. The van der Waals surface area contributed by atoms with Gasteiger partial charge in [0.05, 0.1) is 12.2 Å². The van der Waals surface area contributed by atoms with Crippen LogP contribution in [-0.4, -0.2) is 18.4 Å². The summed E-state index contributed by atoms with van der Waals surface area (Å²) in [7, 11) is 0. The topological polar surface area (TPSA) is 58.6 Å². The average Bonchev–Trinajstić information content (AvgIpc) is 2.72. The number of amides is 2. The van der Waals surface area contributed by atoms with E-state index in [0.717, 1.165) is 16.7 Å². The van der Waals surface area contributed by atoms with E-state index in [1.165, 1.54) is 0 Å². The fourth-order valence-corrected chi connectivity index (χ4v) is 3.44. The molecule has 5 nitrogen and oxygen atoms in total. The molecular weight excluding hydrogens is 364 g/mol. The molecule has 0 aromatic heterocycles. The number of nitrogens with one attached hydrogen (secondary N) is 1. The Morgan fingerprint density at radius 1 is 1.00 bits per heavy atom. The summed E-state index contributed by atoms with van der Waals surface area (Å²) >= 11 is 0. The monoisotopic (exact) mass is 386 g/mol. The number of anilines is 2. The number of carbonyl (C=O) groups excluding carboxylic acids is 2. The van der Waals surface area contributed by atoms with Crippen molar-refractivity contribution in [3.8, 4) is 5.75 Å². The molecule has 0 unspecified atom stereocenters. The van der Waals surface area contributed by atoms with Crippen molar-refractivity contribution < 1.29 is 14.3 Å². The third-order valence-electron chi connectivity index (χ3n) is 5.14. The van der Waals surface area contributed by atoms with E-state index in [9.17, 15) is 9.59 Å². The molecule has 29 heavy (non-hydrogen) atoms. The van der Waals surface area contributed by atoms with Crippen LogP contribution in [0.15, 0.2) is 66.7 Å². The quantitative estimate of drug-likeness (QED) is 0.719. The van der Waals surface area contributed by atoms with E-state index < -0.39 is 0 Å². The van der Waals surface area contributed by atoms with Gasteiger partial charge in [0.2, 0.25) is 0 Å². The Kier molecular flexibility index (Phi) is 5.04. The maximum atomic E-state index is 12.7. The molecule has 0 atom stereocenters. The number of hydrogen-bond acceptors (Lipinski definition) is 3. The van der Waals surface area contributed by atoms with Gasteiger partial charge in [0.1, 0.15) is 5.75 Å². The third-order valence-corrected chi connectivity index (χ3v) is 5.14. The largest absolute Gasteiger partial charge is 0.482 e. The number of aryl methyl sites for hydroxylation is 2. The van der Waals surface area contributed by atoms with Crippen LogP contribution >= 0.6 is 0 Å². The highest BCUT2D eigenvalue weighted by molar-refractivity contribution is 6.06. The van der Waals surface area contributed by atoms with Crippen LogP contribution in [0.3, 0.4) is 0 Å². The van der Waals surface area contributed by atoms with Gasteiger partial charge >= 0.3 is 0 Å². The van der Waals surface area contributed by atoms with E-state index in [0.29, 0.717) is 29.2 Å². The summed E-state index contributed by atoms with van der Waals surface area (Å²) in [6, 6.07) is 20.8. The molecule has 0 bridgehead atoms. The van der Waals surface area contributed by atoms with Crippen LogP contribution in [0.1, 0.15) is 27.0 Å². The fourth-order valence-electron chi connectivity index (χ4n) is 3.44. The zero-order valence-corrected chi connectivity index (χ0v) is 16.4. The van der Waals surface area contributed by atoms with Gasteiger partial charge in [-0.3, -0.25) is 9.59 Å². The molecule has 1 aliphatic rings. The summed E-state index contributed by atoms with van der Waals surface area (Å²) in [5.74, 6) is 0.340. The molecule has 5 heteroatoms. The van der Waals surface area contributed by atoms with E-state index in [-0.39, 0.29) is 18.4 Å². The lowest BCUT2D eigenvalue weighted by molar-refractivity contribution is -0.121. The van der Waals surface area contributed by atoms with Crippen LogP contribution in [0.4, 0.5) is 11.4 Å². The van der Waals surface area contributed by atoms with Gasteiger partial charge in [-0.25, -0.2) is 0 Å². The molecule has 0 radical (unpaired) electrons. The highest BCUT2D eigenvalue weighted by atomic mass is 16.5. The molecular formula is C24H22N2O3. The molecule has 0 saturated heterocycles. The predicted molar refractivity (Wildman–Crippen MR) is 113 cm³/mol. The van der Waals surface area contributed by atoms with Crippen molar-refractivity contribution in [1.29, 1.82) is 0 Å². The van der Waals surface area contributed by atoms with E-state index >= 15 is 0 Å². The highest BCUT2D eigenvalue weighted by Gasteiger charge is 2.26. The maximum Gasteiger partial charge on any atom is 0.265 e. The molecule has 1 heterocycles. The number of ether oxygens (including phenoxy) is 1. The summed E-state index contributed by atoms with van der Waals surface area (Å²) in [5.41, 5.74) is 4.99. The predicted octanol–water partition coefficient (Wildman–Crippen LogP) is 4.48. The van der Waals surface area contributed by atoms with Crippen molar-refractivity contribution in [3.63, 3.8) is 0 Å². The Bertz CT molecular complexity index is 1090. The van der Waals surface area contributed by atoms with Gasteiger partial charge in [0.15, 0.2) is 6.61 Å². The number of rotatable bonds is 4. The number of carbonyl (C=O) groups is 2. The summed E-state index contributed by atoms with van der Waals surface area (Å²) < 4.78 is 5.59. The zero-order valence-electron chi connectivity index (χ0n) is 16.4. The Hall–Kier alpha value is -3.60. The van der Waals surface area contributed by atoms with Gasteiger partial charge in [-0.1, -0.05) is 42.5 Å². The van der Waals surface area contributed by atoms with Gasteiger partial charge in [0, 0.05) is 11.3 Å². The minimum atomic E-state index is -0.184. The van der Waals surface area contributed by atoms with Gasteiger partial charge in [-0.15, -0.1) is 0 Å². The van der Waals surface area contributed by atoms with Crippen LogP contribution in [-0.2, 0) is 11.3 Å². The second-order valence-corrected chi connectivity index (χ2v) is 7.15. The van der Waals surface area contributed by atoms with Gasteiger partial charge in [-0.05, 0) is 54.8 Å². The van der Waals surface area contributed by atoms with Crippen LogP contribution in [0.5, 0.6) is 5.75 Å². The van der Waals surface area contributed by atoms with Crippen LogP contribution < -0.4 is 15.0 Å². The highest BCUT2D eigenvalue weighted by Crippen LogP contribution is 2.36. The van der Waals surface area contributed by atoms with Gasteiger partial charge < -0.3 is 15.0 Å². The van der Waals surface area contributed by atoms with Gasteiger partial charge in [0.25, 0.3) is 11.8 Å². The second kappa shape index (κ2) is 7.80. The molecule has 0 spiro atoms. The maximum absolute atomic E-state index is 12.7. The second-order valence-electron chi connectivity index (χ2n) is 7.15. The molecule has 0 aliphatic carbocycles. The fraction of sp³-hybridized carbons (Fsp3) is 0.167. The Morgan fingerprint density at radius 2 is 1.72 bits per heavy atom. The molecule has 4 rings (SSSR count). The van der Waals surface area contributed by atoms with Crippen molar-refractivity contribution in [3.05, 3.63) is 89.0 Å². The van der Waals surface area contributed by atoms with Crippen molar-refractivity contribution in [2.24, 2.45) is 0 Å². The molecule has 1 N–H and O–H groups in total. The first-order valence-corrected chi connectivity index (χ1v) is 9.51.